The summed E-state index contributed by atoms with van der Waals surface area (Å²) in [6, 6.07) is 49.6. The Balaban J connectivity index is 1.39. The quantitative estimate of drug-likeness (QED) is 0.211. The largest absolute Gasteiger partial charge is 0.456 e. The molecule has 41 heavy (non-hydrogen) atoms. The van der Waals surface area contributed by atoms with Gasteiger partial charge in [-0.2, -0.15) is 0 Å². The van der Waals surface area contributed by atoms with Gasteiger partial charge in [0.25, 0.3) is 0 Å². The summed E-state index contributed by atoms with van der Waals surface area (Å²) in [5, 5.41) is 10.8. The topological polar surface area (TPSA) is 26.0 Å². The van der Waals surface area contributed by atoms with Crippen LogP contribution in [-0.2, 0) is 0 Å². The van der Waals surface area contributed by atoms with Gasteiger partial charge in [-0.15, -0.1) is 0 Å². The van der Waals surface area contributed by atoms with Crippen LogP contribution in [0.15, 0.2) is 144 Å². The van der Waals surface area contributed by atoms with Crippen molar-refractivity contribution in [2.24, 2.45) is 0 Å². The second-order valence-electron chi connectivity index (χ2n) is 10.7. The molecule has 0 saturated heterocycles. The predicted molar refractivity (Wildman–Crippen MR) is 172 cm³/mol. The number of hydrogen-bond acceptors (Lipinski definition) is 2. The molecule has 0 aliphatic carbocycles. The molecular formula is C39H23NO. The fraction of sp³-hybridized carbons (Fsp3) is 0. The molecule has 0 fully saturated rings. The average Bonchev–Trinajstić information content (AvgIpc) is 3.43. The molecule has 0 radical (unpaired) electrons. The first-order valence-electron chi connectivity index (χ1n) is 14.0. The van der Waals surface area contributed by atoms with E-state index in [2.05, 4.69) is 121 Å². The number of furan rings is 1. The Morgan fingerprint density at radius 3 is 1.95 bits per heavy atom. The average molecular weight is 522 g/mol. The number of pyridine rings is 1. The van der Waals surface area contributed by atoms with Crippen LogP contribution in [0.25, 0.3) is 87.5 Å². The molecule has 0 unspecified atom stereocenters. The Bertz CT molecular complexity index is 2470. The van der Waals surface area contributed by atoms with Gasteiger partial charge < -0.3 is 4.42 Å². The summed E-state index contributed by atoms with van der Waals surface area (Å²) in [5.41, 5.74) is 7.24. The second-order valence-corrected chi connectivity index (χ2v) is 10.7. The first-order valence-corrected chi connectivity index (χ1v) is 14.0. The van der Waals surface area contributed by atoms with Crippen molar-refractivity contribution >= 4 is 65.2 Å². The van der Waals surface area contributed by atoms with Crippen LogP contribution >= 0.6 is 0 Å². The van der Waals surface area contributed by atoms with Crippen LogP contribution in [0.5, 0.6) is 0 Å². The summed E-state index contributed by atoms with van der Waals surface area (Å²) in [6.07, 6.45) is 0. The van der Waals surface area contributed by atoms with Gasteiger partial charge in [0.1, 0.15) is 11.2 Å². The third-order valence-corrected chi connectivity index (χ3v) is 8.42. The van der Waals surface area contributed by atoms with Gasteiger partial charge in [-0.05, 0) is 69.1 Å². The molecule has 190 valence electrons. The summed E-state index contributed by atoms with van der Waals surface area (Å²) in [4.78, 5) is 5.24. The minimum atomic E-state index is 0.896. The lowest BCUT2D eigenvalue weighted by Gasteiger charge is -2.13. The number of fused-ring (bicyclic) bond motifs is 10. The lowest BCUT2D eigenvalue weighted by atomic mass is 9.93. The van der Waals surface area contributed by atoms with Gasteiger partial charge in [-0.1, -0.05) is 103 Å². The van der Waals surface area contributed by atoms with Gasteiger partial charge in [0.05, 0.1) is 11.2 Å². The molecule has 9 rings (SSSR count). The molecule has 0 spiro atoms. The van der Waals surface area contributed by atoms with E-state index in [-0.39, 0.29) is 0 Å². The molecule has 0 bridgehead atoms. The number of aromatic nitrogens is 1. The van der Waals surface area contributed by atoms with Crippen molar-refractivity contribution in [2.75, 3.05) is 0 Å². The number of rotatable bonds is 2. The Morgan fingerprint density at radius 2 is 1.07 bits per heavy atom. The maximum Gasteiger partial charge on any atom is 0.136 e. The van der Waals surface area contributed by atoms with Gasteiger partial charge >= 0.3 is 0 Å². The smallest absolute Gasteiger partial charge is 0.136 e. The molecule has 2 heteroatoms. The molecule has 0 N–H and O–H groups in total. The lowest BCUT2D eigenvalue weighted by molar-refractivity contribution is 0.669. The summed E-state index contributed by atoms with van der Waals surface area (Å²) >= 11 is 0. The molecule has 0 aliphatic heterocycles. The predicted octanol–water partition coefficient (Wildman–Crippen LogP) is 10.9. The maximum atomic E-state index is 6.34. The number of hydrogen-bond donors (Lipinski definition) is 0. The van der Waals surface area contributed by atoms with Crippen LogP contribution < -0.4 is 0 Å². The van der Waals surface area contributed by atoms with Gasteiger partial charge in [-0.3, -0.25) is 0 Å². The SMILES string of the molecule is c1ccc(-c2nc3ccc(-c4ccc5ccc6ccccc6c5c4)cc3c3c2ccc2oc4ccccc4c23)cc1. The van der Waals surface area contributed by atoms with E-state index in [1.807, 2.05) is 18.2 Å². The Morgan fingerprint density at radius 1 is 0.390 bits per heavy atom. The highest BCUT2D eigenvalue weighted by Crippen LogP contribution is 2.42. The van der Waals surface area contributed by atoms with Crippen molar-refractivity contribution < 1.29 is 4.42 Å². The first kappa shape index (κ1) is 22.4. The summed E-state index contributed by atoms with van der Waals surface area (Å²) in [5.74, 6) is 0. The fourth-order valence-electron chi connectivity index (χ4n) is 6.49. The monoisotopic (exact) mass is 521 g/mol. The normalized spacial score (nSPS) is 11.9. The van der Waals surface area contributed by atoms with Gasteiger partial charge in [0, 0.05) is 32.5 Å². The zero-order valence-electron chi connectivity index (χ0n) is 22.1. The third kappa shape index (κ3) is 3.34. The van der Waals surface area contributed by atoms with Crippen molar-refractivity contribution in [3.63, 3.8) is 0 Å². The van der Waals surface area contributed by atoms with Crippen LogP contribution in [0.4, 0.5) is 0 Å². The molecule has 9 aromatic rings. The van der Waals surface area contributed by atoms with Crippen LogP contribution in [0.3, 0.4) is 0 Å². The molecular weight excluding hydrogens is 498 g/mol. The van der Waals surface area contributed by atoms with Crippen molar-refractivity contribution in [1.82, 2.24) is 4.98 Å². The lowest BCUT2D eigenvalue weighted by Crippen LogP contribution is -1.91. The van der Waals surface area contributed by atoms with Gasteiger partial charge in [0.2, 0.25) is 0 Å². The highest BCUT2D eigenvalue weighted by atomic mass is 16.3. The van der Waals surface area contributed by atoms with Gasteiger partial charge in [0.15, 0.2) is 0 Å². The van der Waals surface area contributed by atoms with Crippen molar-refractivity contribution in [3.05, 3.63) is 140 Å². The first-order chi connectivity index (χ1) is 20.3. The Hall–Kier alpha value is -5.47. The number of nitrogens with zero attached hydrogens (tertiary/aromatic N) is 1. The van der Waals surface area contributed by atoms with Crippen molar-refractivity contribution in [1.29, 1.82) is 0 Å². The Kier molecular flexibility index (Phi) is 4.64. The van der Waals surface area contributed by atoms with Crippen molar-refractivity contribution in [2.45, 2.75) is 0 Å². The zero-order chi connectivity index (χ0) is 26.9. The van der Waals surface area contributed by atoms with E-state index >= 15 is 0 Å². The molecule has 0 atom stereocenters. The number of para-hydroxylation sites is 1. The van der Waals surface area contributed by atoms with Crippen LogP contribution in [-0.4, -0.2) is 4.98 Å². The molecule has 0 amide bonds. The molecule has 0 aliphatic rings. The van der Waals surface area contributed by atoms with E-state index < -0.39 is 0 Å². The minimum Gasteiger partial charge on any atom is -0.456 e. The zero-order valence-corrected chi connectivity index (χ0v) is 22.1. The molecule has 0 saturated carbocycles. The molecule has 2 nitrogen and oxygen atoms in total. The molecule has 7 aromatic carbocycles. The highest BCUT2D eigenvalue weighted by Gasteiger charge is 2.18. The van der Waals surface area contributed by atoms with Gasteiger partial charge in [-0.25, -0.2) is 4.98 Å². The molecule has 2 aromatic heterocycles. The minimum absolute atomic E-state index is 0.896. The van der Waals surface area contributed by atoms with Crippen molar-refractivity contribution in [3.8, 4) is 22.4 Å². The standard InChI is InChI=1S/C39H23NO/c1-2-9-26(10-3-1)39-31-19-21-36-38(30-12-6-7-13-35(30)41-36)37(31)33-23-28(18-20-34(33)40-39)27-17-16-25-15-14-24-8-4-5-11-29(24)32(25)22-27/h1-23H. The van der Waals surface area contributed by atoms with E-state index in [1.54, 1.807) is 0 Å². The van der Waals surface area contributed by atoms with E-state index in [4.69, 9.17) is 9.40 Å². The van der Waals surface area contributed by atoms with E-state index in [9.17, 15) is 0 Å². The van der Waals surface area contributed by atoms with Crippen LogP contribution in [0, 0.1) is 0 Å². The molecule has 2 heterocycles. The highest BCUT2D eigenvalue weighted by molar-refractivity contribution is 6.28. The second kappa shape index (κ2) is 8.51. The summed E-state index contributed by atoms with van der Waals surface area (Å²) < 4.78 is 6.34. The Labute approximate surface area is 236 Å². The van der Waals surface area contributed by atoms with Crippen LogP contribution in [0.2, 0.25) is 0 Å². The summed E-state index contributed by atoms with van der Waals surface area (Å²) in [6.45, 7) is 0. The number of benzene rings is 7. The maximum absolute atomic E-state index is 6.34. The van der Waals surface area contributed by atoms with E-state index in [0.717, 1.165) is 49.5 Å². The van der Waals surface area contributed by atoms with E-state index in [0.29, 0.717) is 0 Å². The van der Waals surface area contributed by atoms with E-state index in [1.165, 1.54) is 38.1 Å². The third-order valence-electron chi connectivity index (χ3n) is 8.42. The summed E-state index contributed by atoms with van der Waals surface area (Å²) in [7, 11) is 0. The van der Waals surface area contributed by atoms with Crippen LogP contribution in [0.1, 0.15) is 0 Å². The fourth-order valence-corrected chi connectivity index (χ4v) is 6.49.